The molecule has 0 saturated heterocycles. The van der Waals surface area contributed by atoms with Crippen LogP contribution in [0.3, 0.4) is 0 Å². The molecule has 1 atom stereocenters. The molecule has 3 aromatic rings. The van der Waals surface area contributed by atoms with Gasteiger partial charge in [-0.25, -0.2) is 4.98 Å². The molecular weight excluding hydrogens is 384 g/mol. The monoisotopic (exact) mass is 402 g/mol. The van der Waals surface area contributed by atoms with Crippen LogP contribution in [0, 0.1) is 0 Å². The first-order valence-corrected chi connectivity index (χ1v) is 9.51. The van der Waals surface area contributed by atoms with Crippen LogP contribution in [-0.2, 0) is 11.4 Å². The predicted molar refractivity (Wildman–Crippen MR) is 106 cm³/mol. The number of thioether (sulfide) groups is 1. The van der Waals surface area contributed by atoms with Gasteiger partial charge in [0.15, 0.2) is 5.82 Å². The molecule has 0 aliphatic heterocycles. The van der Waals surface area contributed by atoms with Crippen molar-refractivity contribution in [3.05, 3.63) is 71.0 Å². The van der Waals surface area contributed by atoms with Gasteiger partial charge in [0.1, 0.15) is 17.6 Å². The third-order valence-corrected chi connectivity index (χ3v) is 5.05. The van der Waals surface area contributed by atoms with Crippen molar-refractivity contribution in [3.8, 4) is 5.75 Å². The molecule has 1 N–H and O–H groups in total. The van der Waals surface area contributed by atoms with Crippen LogP contribution in [0.4, 0.5) is 0 Å². The maximum atomic E-state index is 12.6. The van der Waals surface area contributed by atoms with Gasteiger partial charge >= 0.3 is 0 Å². The first-order valence-electron chi connectivity index (χ1n) is 8.25. The quantitative estimate of drug-likeness (QED) is 0.605. The summed E-state index contributed by atoms with van der Waals surface area (Å²) in [4.78, 5) is 18.6. The third kappa shape index (κ3) is 5.24. The molecular formula is C19H19ClN4O2S. The number of likely N-dealkylation sites (N-methyl/N-ethyl adjacent to an activating group) is 1. The van der Waals surface area contributed by atoms with E-state index >= 15 is 0 Å². The Kier molecular flexibility index (Phi) is 6.36. The van der Waals surface area contributed by atoms with Crippen molar-refractivity contribution in [2.75, 3.05) is 14.1 Å². The van der Waals surface area contributed by atoms with Crippen LogP contribution in [0.5, 0.6) is 5.75 Å². The largest absolute Gasteiger partial charge is 0.486 e. The lowest BCUT2D eigenvalue weighted by Crippen LogP contribution is -2.26. The van der Waals surface area contributed by atoms with Gasteiger partial charge < -0.3 is 9.64 Å². The summed E-state index contributed by atoms with van der Waals surface area (Å²) in [5, 5.41) is 7.79. The van der Waals surface area contributed by atoms with Gasteiger partial charge in [-0.05, 0) is 29.8 Å². The summed E-state index contributed by atoms with van der Waals surface area (Å²) < 4.78 is 5.66. The Morgan fingerprint density at radius 2 is 1.89 bits per heavy atom. The molecule has 8 heteroatoms. The van der Waals surface area contributed by atoms with Crippen LogP contribution in [0.1, 0.15) is 16.6 Å². The topological polar surface area (TPSA) is 71.1 Å². The summed E-state index contributed by atoms with van der Waals surface area (Å²) in [6.07, 6.45) is 0. The van der Waals surface area contributed by atoms with Crippen LogP contribution >= 0.6 is 23.4 Å². The van der Waals surface area contributed by atoms with Crippen molar-refractivity contribution in [3.63, 3.8) is 0 Å². The highest BCUT2D eigenvalue weighted by atomic mass is 35.5. The number of hydrogen-bond donors (Lipinski definition) is 1. The number of halogens is 1. The minimum atomic E-state index is -0.415. The Morgan fingerprint density at radius 1 is 1.19 bits per heavy atom. The van der Waals surface area contributed by atoms with Crippen LogP contribution < -0.4 is 4.74 Å². The van der Waals surface area contributed by atoms with E-state index < -0.39 is 5.25 Å². The number of rotatable bonds is 7. The molecule has 0 aliphatic carbocycles. The van der Waals surface area contributed by atoms with Crippen LogP contribution in [0.2, 0.25) is 5.02 Å². The van der Waals surface area contributed by atoms with Gasteiger partial charge in [-0.1, -0.05) is 53.7 Å². The van der Waals surface area contributed by atoms with E-state index in [0.717, 1.165) is 5.56 Å². The van der Waals surface area contributed by atoms with E-state index in [0.29, 0.717) is 21.8 Å². The predicted octanol–water partition coefficient (Wildman–Crippen LogP) is 3.96. The molecule has 1 amide bonds. The van der Waals surface area contributed by atoms with E-state index in [9.17, 15) is 4.79 Å². The molecule has 27 heavy (non-hydrogen) atoms. The fourth-order valence-electron chi connectivity index (χ4n) is 2.31. The van der Waals surface area contributed by atoms with Gasteiger partial charge in [-0.15, -0.1) is 5.10 Å². The molecule has 0 unspecified atom stereocenters. The smallest absolute Gasteiger partial charge is 0.240 e. The second-order valence-electron chi connectivity index (χ2n) is 5.95. The summed E-state index contributed by atoms with van der Waals surface area (Å²) >= 11 is 7.17. The number of carbonyl (C=O) groups is 1. The number of ether oxygens (including phenoxy) is 1. The second-order valence-corrected chi connectivity index (χ2v) is 7.46. The van der Waals surface area contributed by atoms with Gasteiger partial charge in [0, 0.05) is 19.1 Å². The number of H-pyrrole nitrogens is 1. The lowest BCUT2D eigenvalue weighted by molar-refractivity contribution is -0.128. The maximum absolute atomic E-state index is 12.6. The van der Waals surface area contributed by atoms with Crippen molar-refractivity contribution < 1.29 is 9.53 Å². The van der Waals surface area contributed by atoms with Crippen LogP contribution in [0.15, 0.2) is 59.8 Å². The number of aromatic nitrogens is 3. The molecule has 0 bridgehead atoms. The Hall–Kier alpha value is -2.51. The number of nitrogens with one attached hydrogen (secondary N) is 1. The first-order chi connectivity index (χ1) is 13.0. The average Bonchev–Trinajstić information content (AvgIpc) is 3.13. The fraction of sp³-hybridized carbons (Fsp3) is 0.211. The van der Waals surface area contributed by atoms with E-state index in [4.69, 9.17) is 16.3 Å². The summed E-state index contributed by atoms with van der Waals surface area (Å²) in [5.41, 5.74) is 0.907. The number of benzene rings is 2. The zero-order chi connectivity index (χ0) is 19.2. The SMILES string of the molecule is CN(C)C(=O)[C@H](Sc1n[nH]c(COc2ccc(Cl)cc2)n1)c1ccccc1. The Morgan fingerprint density at radius 3 is 2.56 bits per heavy atom. The fourth-order valence-corrected chi connectivity index (χ4v) is 3.51. The average molecular weight is 403 g/mol. The van der Waals surface area contributed by atoms with E-state index in [1.807, 2.05) is 30.3 Å². The van der Waals surface area contributed by atoms with Gasteiger partial charge in [0.05, 0.1) is 0 Å². The lowest BCUT2D eigenvalue weighted by atomic mass is 10.1. The number of carbonyl (C=O) groups excluding carboxylic acids is 1. The number of hydrogen-bond acceptors (Lipinski definition) is 5. The van der Waals surface area contributed by atoms with Crippen molar-refractivity contribution in [1.82, 2.24) is 20.1 Å². The molecule has 6 nitrogen and oxygen atoms in total. The minimum Gasteiger partial charge on any atom is -0.486 e. The number of aromatic amines is 1. The summed E-state index contributed by atoms with van der Waals surface area (Å²) in [6.45, 7) is 0.243. The molecule has 1 aromatic heterocycles. The minimum absolute atomic E-state index is 0.0186. The highest BCUT2D eigenvalue weighted by Crippen LogP contribution is 2.34. The lowest BCUT2D eigenvalue weighted by Gasteiger charge is -2.19. The third-order valence-electron chi connectivity index (χ3n) is 3.69. The van der Waals surface area contributed by atoms with E-state index in [2.05, 4.69) is 15.2 Å². The normalized spacial score (nSPS) is 11.8. The molecule has 140 valence electrons. The van der Waals surface area contributed by atoms with E-state index in [-0.39, 0.29) is 12.5 Å². The maximum Gasteiger partial charge on any atom is 0.240 e. The zero-order valence-corrected chi connectivity index (χ0v) is 16.5. The van der Waals surface area contributed by atoms with Gasteiger partial charge in [0.2, 0.25) is 11.1 Å². The van der Waals surface area contributed by atoms with Crippen LogP contribution in [0.25, 0.3) is 0 Å². The Balaban J connectivity index is 1.68. The molecule has 0 spiro atoms. The van der Waals surface area contributed by atoms with E-state index in [1.165, 1.54) is 11.8 Å². The van der Waals surface area contributed by atoms with Crippen molar-refractivity contribution >= 4 is 29.3 Å². The molecule has 0 saturated carbocycles. The molecule has 0 fully saturated rings. The Labute approximate surface area is 166 Å². The molecule has 0 radical (unpaired) electrons. The summed E-state index contributed by atoms with van der Waals surface area (Å²) in [5.74, 6) is 1.25. The molecule has 1 heterocycles. The Bertz CT molecular complexity index is 884. The van der Waals surface area contributed by atoms with E-state index in [1.54, 1.807) is 43.3 Å². The highest BCUT2D eigenvalue weighted by molar-refractivity contribution is 8.00. The standard InChI is InChI=1S/C19H19ClN4O2S/c1-24(2)18(25)17(13-6-4-3-5-7-13)27-19-21-16(22-23-19)12-26-15-10-8-14(20)9-11-15/h3-11,17H,12H2,1-2H3,(H,21,22,23)/t17-/m1/s1. The van der Waals surface area contributed by atoms with Gasteiger partial charge in [0.25, 0.3) is 0 Å². The van der Waals surface area contributed by atoms with Crippen LogP contribution in [-0.4, -0.2) is 40.1 Å². The molecule has 0 aliphatic rings. The van der Waals surface area contributed by atoms with Crippen molar-refractivity contribution in [1.29, 1.82) is 0 Å². The van der Waals surface area contributed by atoms with Gasteiger partial charge in [-0.2, -0.15) is 0 Å². The summed E-state index contributed by atoms with van der Waals surface area (Å²) in [7, 11) is 3.48. The first kappa shape index (κ1) is 19.3. The molecule has 3 rings (SSSR count). The van der Waals surface area contributed by atoms with Crippen molar-refractivity contribution in [2.45, 2.75) is 17.0 Å². The second kappa shape index (κ2) is 8.92. The van der Waals surface area contributed by atoms with Crippen molar-refractivity contribution in [2.24, 2.45) is 0 Å². The number of nitrogens with zero attached hydrogens (tertiary/aromatic N) is 3. The molecule has 2 aromatic carbocycles. The van der Waals surface area contributed by atoms with Gasteiger partial charge in [-0.3, -0.25) is 9.89 Å². The zero-order valence-electron chi connectivity index (χ0n) is 14.9. The summed E-state index contributed by atoms with van der Waals surface area (Å²) in [6, 6.07) is 16.7. The highest BCUT2D eigenvalue weighted by Gasteiger charge is 2.25. The number of amides is 1.